The first-order valence-corrected chi connectivity index (χ1v) is 13.4. The number of carbonyl (C=O) groups is 4. The van der Waals surface area contributed by atoms with Crippen LogP contribution >= 0.6 is 34.9 Å². The highest BCUT2D eigenvalue weighted by atomic mass is 32.2. The number of hydrogen-bond acceptors (Lipinski definition) is 15. The summed E-state index contributed by atoms with van der Waals surface area (Å²) in [5.41, 5.74) is 5.79. The van der Waals surface area contributed by atoms with E-state index in [4.69, 9.17) is 15.3 Å². The van der Waals surface area contributed by atoms with Gasteiger partial charge in [-0.3, -0.25) is 14.5 Å². The molecule has 37 heavy (non-hydrogen) atoms. The van der Waals surface area contributed by atoms with Crippen molar-refractivity contribution >= 4 is 69.5 Å². The average molecular weight is 570 g/mol. The number of hydrogen-bond donors (Lipinski definition) is 4. The molecular weight excluding hydrogens is 550 g/mol. The van der Waals surface area contributed by atoms with Gasteiger partial charge in [0.25, 0.3) is 11.8 Å². The molecule has 196 valence electrons. The van der Waals surface area contributed by atoms with Gasteiger partial charge in [-0.2, -0.15) is 5.21 Å². The predicted molar refractivity (Wildman–Crippen MR) is 130 cm³/mol. The number of carboxylic acids is 1. The van der Waals surface area contributed by atoms with Crippen molar-refractivity contribution in [2.75, 3.05) is 30.5 Å². The molecule has 1 fully saturated rings. The number of carboxylic acid groups (broad SMARTS) is 1. The number of anilines is 1. The monoisotopic (exact) mass is 569 g/mol. The van der Waals surface area contributed by atoms with Gasteiger partial charge in [0, 0.05) is 16.9 Å². The Kier molecular flexibility index (Phi) is 8.24. The van der Waals surface area contributed by atoms with Crippen LogP contribution in [-0.2, 0) is 28.8 Å². The van der Waals surface area contributed by atoms with Crippen LogP contribution < -0.4 is 11.1 Å². The van der Waals surface area contributed by atoms with Crippen molar-refractivity contribution in [1.29, 1.82) is 0 Å². The van der Waals surface area contributed by atoms with Crippen LogP contribution in [0.1, 0.15) is 12.6 Å². The van der Waals surface area contributed by atoms with Crippen LogP contribution in [0, 0.1) is 0 Å². The van der Waals surface area contributed by atoms with E-state index < -0.39 is 41.8 Å². The van der Waals surface area contributed by atoms with Crippen molar-refractivity contribution in [3.8, 4) is 0 Å². The predicted octanol–water partition coefficient (Wildman–Crippen LogP) is -0.947. The lowest BCUT2D eigenvalue weighted by Crippen LogP contribution is -2.71. The number of esters is 1. The lowest BCUT2D eigenvalue weighted by molar-refractivity contribution is -0.150. The summed E-state index contributed by atoms with van der Waals surface area (Å²) in [7, 11) is 0. The van der Waals surface area contributed by atoms with Crippen molar-refractivity contribution in [3.05, 3.63) is 22.3 Å². The summed E-state index contributed by atoms with van der Waals surface area (Å²) >= 11 is 3.53. The van der Waals surface area contributed by atoms with Crippen LogP contribution in [0.4, 0.5) is 5.13 Å². The quantitative estimate of drug-likeness (QED) is 0.0841. The van der Waals surface area contributed by atoms with Gasteiger partial charge in [0.05, 0.1) is 6.61 Å². The van der Waals surface area contributed by atoms with Gasteiger partial charge in [-0.15, -0.1) is 33.3 Å². The first-order chi connectivity index (χ1) is 17.8. The topological polar surface area (TPSA) is 228 Å². The third-order valence-electron chi connectivity index (χ3n) is 4.86. The van der Waals surface area contributed by atoms with Gasteiger partial charge >= 0.3 is 11.9 Å². The Bertz CT molecular complexity index is 1260. The van der Waals surface area contributed by atoms with Crippen LogP contribution in [-0.4, -0.2) is 101 Å². The number of rotatable bonds is 11. The molecule has 1 saturated heterocycles. The van der Waals surface area contributed by atoms with E-state index in [0.717, 1.165) is 16.2 Å². The summed E-state index contributed by atoms with van der Waals surface area (Å²) < 4.78 is 4.75. The van der Waals surface area contributed by atoms with Crippen LogP contribution in [0.25, 0.3) is 0 Å². The number of tetrazole rings is 1. The van der Waals surface area contributed by atoms with E-state index in [1.165, 1.54) is 28.9 Å². The van der Waals surface area contributed by atoms with Crippen LogP contribution in [0.2, 0.25) is 0 Å². The molecule has 0 saturated carbocycles. The Morgan fingerprint density at radius 2 is 2.24 bits per heavy atom. The van der Waals surface area contributed by atoms with Gasteiger partial charge < -0.3 is 25.7 Å². The Hall–Kier alpha value is -3.71. The van der Waals surface area contributed by atoms with Crippen LogP contribution in [0.3, 0.4) is 0 Å². The second kappa shape index (κ2) is 11.6. The normalized spacial score (nSPS) is 19.2. The zero-order valence-corrected chi connectivity index (χ0v) is 21.4. The van der Waals surface area contributed by atoms with Gasteiger partial charge in [-0.25, -0.2) is 14.6 Å². The lowest BCUT2D eigenvalue weighted by atomic mass is 10.0. The summed E-state index contributed by atoms with van der Waals surface area (Å²) in [5, 5.41) is 30.8. The number of fused-ring (bicyclic) bond motifs is 1. The third kappa shape index (κ3) is 5.83. The number of H-pyrrole nitrogens is 1. The molecule has 4 heterocycles. The molecule has 0 spiro atoms. The van der Waals surface area contributed by atoms with Crippen molar-refractivity contribution in [2.24, 2.45) is 5.16 Å². The number of nitrogen functional groups attached to an aromatic ring is 1. The smallest absolute Gasteiger partial charge is 0.352 e. The number of aliphatic carboxylic acids is 1. The number of amides is 2. The minimum Gasteiger partial charge on any atom is -0.477 e. The van der Waals surface area contributed by atoms with E-state index in [-0.39, 0.29) is 34.6 Å². The molecule has 0 aliphatic carbocycles. The molecule has 16 nitrogen and oxygen atoms in total. The van der Waals surface area contributed by atoms with Crippen LogP contribution in [0.5, 0.6) is 0 Å². The number of oxime groups is 1. The molecule has 2 aromatic heterocycles. The first kappa shape index (κ1) is 26.4. The number of ether oxygens (including phenoxy) is 1. The SMILES string of the molecule is CCOC(=O)CON=C(C(=O)NC1C(=O)N2C(C(=O)O)=C(CSc3nn[nH]n3)CS[C@@H]12)c1csc(N)n1. The van der Waals surface area contributed by atoms with E-state index in [9.17, 15) is 24.3 Å². The standard InChI is InChI=1S/C18H19N9O7S3/c1-2-33-9(28)3-34-24-10(8-6-36-17(19)20-8)13(29)21-11-14(30)27-12(16(31)32)7(4-35-15(11)27)5-37-18-22-25-26-23-18/h6,11,15H,2-5H2,1H3,(H2,19,20)(H,21,29)(H,31,32)(H,22,23,25,26)/t11?,15-/m0/s1. The second-order valence-corrected chi connectivity index (χ2v) is 10.1. The summed E-state index contributed by atoms with van der Waals surface area (Å²) in [6, 6.07) is -1.02. The van der Waals surface area contributed by atoms with Gasteiger partial charge in [-0.1, -0.05) is 16.9 Å². The highest BCUT2D eigenvalue weighted by Crippen LogP contribution is 2.41. The number of β-lactam (4-membered cyclic amide) rings is 1. The third-order valence-corrected chi connectivity index (χ3v) is 7.80. The largest absolute Gasteiger partial charge is 0.477 e. The molecule has 2 atom stereocenters. The maximum Gasteiger partial charge on any atom is 0.352 e. The van der Waals surface area contributed by atoms with E-state index >= 15 is 0 Å². The maximum atomic E-state index is 13.0. The number of aromatic nitrogens is 5. The van der Waals surface area contributed by atoms with E-state index in [2.05, 4.69) is 36.1 Å². The zero-order valence-electron chi connectivity index (χ0n) is 18.9. The summed E-state index contributed by atoms with van der Waals surface area (Å²) in [4.78, 5) is 59.6. The molecule has 0 radical (unpaired) electrons. The minimum absolute atomic E-state index is 0.0793. The number of carbonyl (C=O) groups excluding carboxylic acids is 3. The molecule has 0 bridgehead atoms. The van der Waals surface area contributed by atoms with Crippen molar-refractivity contribution < 1.29 is 33.9 Å². The zero-order chi connectivity index (χ0) is 26.5. The molecule has 2 aliphatic rings. The summed E-state index contributed by atoms with van der Waals surface area (Å²) in [5.74, 6) is -2.82. The van der Waals surface area contributed by atoms with E-state index in [1.807, 2.05) is 0 Å². The molecule has 19 heteroatoms. The maximum absolute atomic E-state index is 13.0. The number of aromatic amines is 1. The molecular formula is C18H19N9O7S3. The fraction of sp³-hybridized carbons (Fsp3) is 0.389. The number of nitrogens with zero attached hydrogens (tertiary/aromatic N) is 6. The van der Waals surface area contributed by atoms with Crippen molar-refractivity contribution in [3.63, 3.8) is 0 Å². The van der Waals surface area contributed by atoms with Gasteiger partial charge in [0.2, 0.25) is 11.8 Å². The molecule has 1 unspecified atom stereocenters. The lowest BCUT2D eigenvalue weighted by Gasteiger charge is -2.49. The highest BCUT2D eigenvalue weighted by molar-refractivity contribution is 8.01. The summed E-state index contributed by atoms with van der Waals surface area (Å²) in [6.07, 6.45) is 0. The molecule has 2 aliphatic heterocycles. The van der Waals surface area contributed by atoms with Crippen LogP contribution in [0.15, 0.2) is 27.0 Å². The van der Waals surface area contributed by atoms with Gasteiger partial charge in [-0.05, 0) is 17.7 Å². The highest BCUT2D eigenvalue weighted by Gasteiger charge is 2.54. The number of nitrogens with one attached hydrogen (secondary N) is 2. The fourth-order valence-electron chi connectivity index (χ4n) is 3.32. The van der Waals surface area contributed by atoms with E-state index in [0.29, 0.717) is 16.5 Å². The Morgan fingerprint density at radius 3 is 2.89 bits per heavy atom. The van der Waals surface area contributed by atoms with Gasteiger partial charge in [0.1, 0.15) is 22.8 Å². The molecule has 4 rings (SSSR count). The fourth-order valence-corrected chi connectivity index (χ4v) is 6.09. The molecule has 2 aromatic rings. The average Bonchev–Trinajstić information content (AvgIpc) is 3.55. The second-order valence-electron chi connectivity index (χ2n) is 7.19. The summed E-state index contributed by atoms with van der Waals surface area (Å²) in [6.45, 7) is 1.22. The van der Waals surface area contributed by atoms with Gasteiger partial charge in [0.15, 0.2) is 10.8 Å². The molecule has 5 N–H and O–H groups in total. The number of thiazole rings is 1. The minimum atomic E-state index is -1.26. The van der Waals surface area contributed by atoms with Crippen molar-refractivity contribution in [2.45, 2.75) is 23.5 Å². The van der Waals surface area contributed by atoms with Crippen molar-refractivity contribution in [1.82, 2.24) is 35.8 Å². The molecule has 2 amide bonds. The Morgan fingerprint density at radius 1 is 1.43 bits per heavy atom. The number of thioether (sulfide) groups is 2. The molecule has 0 aromatic carbocycles. The van der Waals surface area contributed by atoms with E-state index in [1.54, 1.807) is 6.92 Å². The Labute approximate surface area is 220 Å². The first-order valence-electron chi connectivity index (χ1n) is 10.4. The Balaban J connectivity index is 1.47. The number of nitrogens with two attached hydrogens (primary N) is 1.